The summed E-state index contributed by atoms with van der Waals surface area (Å²) in [6.07, 6.45) is 1.38. The topological polar surface area (TPSA) is 76.1 Å². The van der Waals surface area contributed by atoms with Gasteiger partial charge in [0.05, 0.1) is 0 Å². The monoisotopic (exact) mass is 376 g/mol. The number of carbonyl (C=O) groups excluding carboxylic acids is 1. The number of amides is 1. The summed E-state index contributed by atoms with van der Waals surface area (Å²) in [5, 5.41) is 6.03. The summed E-state index contributed by atoms with van der Waals surface area (Å²) in [5.74, 6) is 1.52. The Labute approximate surface area is 165 Å². The molecule has 2 N–H and O–H groups in total. The smallest absolute Gasteiger partial charge is 0.270 e. The first-order valence-electron chi connectivity index (χ1n) is 9.24. The summed E-state index contributed by atoms with van der Waals surface area (Å²) < 4.78 is 5.79. The van der Waals surface area contributed by atoms with Crippen LogP contribution in [0.5, 0.6) is 5.75 Å². The summed E-state index contributed by atoms with van der Waals surface area (Å²) in [4.78, 5) is 20.4. The van der Waals surface area contributed by atoms with Gasteiger partial charge in [0.2, 0.25) is 0 Å². The molecule has 0 aliphatic carbocycles. The molecular formula is C22H24N4O2. The van der Waals surface area contributed by atoms with Gasteiger partial charge in [0.1, 0.15) is 30.2 Å². The average molecular weight is 376 g/mol. The molecule has 0 saturated heterocycles. The van der Waals surface area contributed by atoms with Crippen LogP contribution < -0.4 is 15.4 Å². The highest BCUT2D eigenvalue weighted by atomic mass is 16.5. The van der Waals surface area contributed by atoms with E-state index in [2.05, 4.69) is 20.6 Å². The van der Waals surface area contributed by atoms with Crippen LogP contribution in [0.3, 0.4) is 0 Å². The van der Waals surface area contributed by atoms with Gasteiger partial charge in [-0.3, -0.25) is 4.79 Å². The lowest BCUT2D eigenvalue weighted by molar-refractivity contribution is 0.0944. The SMILES string of the molecule is CC(C)CNC(=O)c1cc(Nc2ccc(OCc3ccccc3)cc2)ncn1. The van der Waals surface area contributed by atoms with Gasteiger partial charge >= 0.3 is 0 Å². The molecule has 1 amide bonds. The van der Waals surface area contributed by atoms with Gasteiger partial charge in [-0.15, -0.1) is 0 Å². The van der Waals surface area contributed by atoms with Gasteiger partial charge in [-0.2, -0.15) is 0 Å². The first-order chi connectivity index (χ1) is 13.6. The van der Waals surface area contributed by atoms with Crippen LogP contribution in [0.4, 0.5) is 11.5 Å². The highest BCUT2D eigenvalue weighted by molar-refractivity contribution is 5.92. The maximum absolute atomic E-state index is 12.1. The molecule has 2 aromatic carbocycles. The lowest BCUT2D eigenvalue weighted by atomic mass is 10.2. The Morgan fingerprint density at radius 3 is 2.50 bits per heavy atom. The van der Waals surface area contributed by atoms with E-state index in [1.165, 1.54) is 6.33 Å². The maximum Gasteiger partial charge on any atom is 0.270 e. The fourth-order valence-electron chi connectivity index (χ4n) is 2.46. The van der Waals surface area contributed by atoms with Crippen molar-refractivity contribution in [3.05, 3.63) is 78.2 Å². The highest BCUT2D eigenvalue weighted by Crippen LogP contribution is 2.20. The van der Waals surface area contributed by atoms with Crippen molar-refractivity contribution in [2.24, 2.45) is 5.92 Å². The molecule has 0 atom stereocenters. The molecule has 3 rings (SSSR count). The summed E-state index contributed by atoms with van der Waals surface area (Å²) in [5.41, 5.74) is 2.30. The van der Waals surface area contributed by atoms with Gasteiger partial charge in [0, 0.05) is 18.3 Å². The Balaban J connectivity index is 1.58. The molecule has 6 heteroatoms. The molecule has 0 aliphatic rings. The quantitative estimate of drug-likeness (QED) is 0.617. The first-order valence-corrected chi connectivity index (χ1v) is 9.24. The molecule has 0 unspecified atom stereocenters. The van der Waals surface area contributed by atoms with E-state index in [0.717, 1.165) is 17.0 Å². The molecule has 0 aliphatic heterocycles. The molecule has 6 nitrogen and oxygen atoms in total. The predicted molar refractivity (Wildman–Crippen MR) is 110 cm³/mol. The first kappa shape index (κ1) is 19.4. The highest BCUT2D eigenvalue weighted by Gasteiger charge is 2.09. The third kappa shape index (κ3) is 5.81. The molecule has 0 spiro atoms. The van der Waals surface area contributed by atoms with Gasteiger partial charge < -0.3 is 15.4 Å². The van der Waals surface area contributed by atoms with E-state index in [0.29, 0.717) is 30.6 Å². The zero-order valence-corrected chi connectivity index (χ0v) is 16.1. The molecule has 0 radical (unpaired) electrons. The van der Waals surface area contributed by atoms with Crippen LogP contribution in [0.25, 0.3) is 0 Å². The van der Waals surface area contributed by atoms with Gasteiger partial charge in [0.25, 0.3) is 5.91 Å². The number of aromatic nitrogens is 2. The van der Waals surface area contributed by atoms with Gasteiger partial charge in [0.15, 0.2) is 0 Å². The molecule has 0 fully saturated rings. The minimum Gasteiger partial charge on any atom is -0.489 e. The zero-order chi connectivity index (χ0) is 19.8. The summed E-state index contributed by atoms with van der Waals surface area (Å²) >= 11 is 0. The van der Waals surface area contributed by atoms with E-state index in [1.54, 1.807) is 6.07 Å². The van der Waals surface area contributed by atoms with Crippen molar-refractivity contribution in [2.75, 3.05) is 11.9 Å². The van der Waals surface area contributed by atoms with Crippen molar-refractivity contribution < 1.29 is 9.53 Å². The lowest BCUT2D eigenvalue weighted by Crippen LogP contribution is -2.28. The Morgan fingerprint density at radius 1 is 1.04 bits per heavy atom. The van der Waals surface area contributed by atoms with Crippen LogP contribution in [-0.4, -0.2) is 22.4 Å². The Hall–Kier alpha value is -3.41. The minimum atomic E-state index is -0.205. The van der Waals surface area contributed by atoms with Crippen molar-refractivity contribution in [3.63, 3.8) is 0 Å². The predicted octanol–water partition coefficient (Wildman–Crippen LogP) is 4.19. The normalized spacial score (nSPS) is 10.5. The third-order valence-corrected chi connectivity index (χ3v) is 3.95. The molecule has 28 heavy (non-hydrogen) atoms. The number of hydrogen-bond acceptors (Lipinski definition) is 5. The molecule has 0 saturated carbocycles. The summed E-state index contributed by atoms with van der Waals surface area (Å²) in [7, 11) is 0. The van der Waals surface area contributed by atoms with Crippen molar-refractivity contribution in [3.8, 4) is 5.75 Å². The van der Waals surface area contributed by atoms with Crippen LogP contribution in [0, 0.1) is 5.92 Å². The largest absolute Gasteiger partial charge is 0.489 e. The maximum atomic E-state index is 12.1. The number of hydrogen-bond donors (Lipinski definition) is 2. The van der Waals surface area contributed by atoms with E-state index in [9.17, 15) is 4.79 Å². The van der Waals surface area contributed by atoms with Crippen molar-refractivity contribution >= 4 is 17.4 Å². The number of nitrogens with zero attached hydrogens (tertiary/aromatic N) is 2. The summed E-state index contributed by atoms with van der Waals surface area (Å²) in [6, 6.07) is 19.2. The van der Waals surface area contributed by atoms with E-state index in [-0.39, 0.29) is 5.91 Å². The Bertz CT molecular complexity index is 896. The Morgan fingerprint density at radius 2 is 1.79 bits per heavy atom. The van der Waals surface area contributed by atoms with E-state index in [4.69, 9.17) is 4.74 Å². The van der Waals surface area contributed by atoms with Gasteiger partial charge in [-0.05, 0) is 35.7 Å². The van der Waals surface area contributed by atoms with E-state index in [1.807, 2.05) is 68.4 Å². The second-order valence-electron chi connectivity index (χ2n) is 6.82. The van der Waals surface area contributed by atoms with Crippen molar-refractivity contribution in [1.29, 1.82) is 0 Å². The lowest BCUT2D eigenvalue weighted by Gasteiger charge is -2.10. The zero-order valence-electron chi connectivity index (χ0n) is 16.1. The van der Waals surface area contributed by atoms with Crippen LogP contribution in [0.15, 0.2) is 67.0 Å². The molecule has 144 valence electrons. The minimum absolute atomic E-state index is 0.205. The fraction of sp³-hybridized carbons (Fsp3) is 0.227. The van der Waals surface area contributed by atoms with E-state index >= 15 is 0 Å². The number of rotatable bonds is 8. The van der Waals surface area contributed by atoms with Crippen LogP contribution >= 0.6 is 0 Å². The fourth-order valence-corrected chi connectivity index (χ4v) is 2.46. The standard InChI is InChI=1S/C22H24N4O2/c1-16(2)13-23-22(27)20-12-21(25-15-24-20)26-18-8-10-19(11-9-18)28-14-17-6-4-3-5-7-17/h3-12,15-16H,13-14H2,1-2H3,(H,23,27)(H,24,25,26). The van der Waals surface area contributed by atoms with Crippen molar-refractivity contribution in [1.82, 2.24) is 15.3 Å². The number of anilines is 2. The van der Waals surface area contributed by atoms with E-state index < -0.39 is 0 Å². The summed E-state index contributed by atoms with van der Waals surface area (Å²) in [6.45, 7) is 5.21. The third-order valence-electron chi connectivity index (χ3n) is 3.95. The van der Waals surface area contributed by atoms with Crippen LogP contribution in [0.1, 0.15) is 29.9 Å². The number of ether oxygens (including phenoxy) is 1. The number of carbonyl (C=O) groups is 1. The van der Waals surface area contributed by atoms with Crippen LogP contribution in [-0.2, 0) is 6.61 Å². The molecule has 3 aromatic rings. The molecule has 1 heterocycles. The van der Waals surface area contributed by atoms with Crippen LogP contribution in [0.2, 0.25) is 0 Å². The molecular weight excluding hydrogens is 352 g/mol. The average Bonchev–Trinajstić information content (AvgIpc) is 2.72. The molecule has 1 aromatic heterocycles. The van der Waals surface area contributed by atoms with Gasteiger partial charge in [-0.1, -0.05) is 44.2 Å². The Kier molecular flexibility index (Phi) is 6.57. The second-order valence-corrected chi connectivity index (χ2v) is 6.82. The number of benzene rings is 2. The van der Waals surface area contributed by atoms with Gasteiger partial charge in [-0.25, -0.2) is 9.97 Å². The number of nitrogens with one attached hydrogen (secondary N) is 2. The molecule has 0 bridgehead atoms. The van der Waals surface area contributed by atoms with Crippen molar-refractivity contribution in [2.45, 2.75) is 20.5 Å². The second kappa shape index (κ2) is 9.50.